The van der Waals surface area contributed by atoms with Crippen molar-refractivity contribution in [2.75, 3.05) is 19.6 Å². The van der Waals surface area contributed by atoms with Crippen LogP contribution in [0.4, 0.5) is 0 Å². The molecule has 1 saturated heterocycles. The van der Waals surface area contributed by atoms with Gasteiger partial charge < -0.3 is 14.0 Å². The smallest absolute Gasteiger partial charge is 0.231 e. The number of hydrogen-bond donors (Lipinski definition) is 0. The van der Waals surface area contributed by atoms with E-state index in [0.717, 1.165) is 31.2 Å². The highest BCUT2D eigenvalue weighted by molar-refractivity contribution is 7.88. The van der Waals surface area contributed by atoms with Crippen LogP contribution in [-0.4, -0.2) is 37.5 Å². The Morgan fingerprint density at radius 3 is 2.80 bits per heavy atom. The van der Waals surface area contributed by atoms with Gasteiger partial charge in [-0.3, -0.25) is 0 Å². The molecule has 1 aromatic carbocycles. The zero-order chi connectivity index (χ0) is 17.4. The Balaban J connectivity index is 1.65. The van der Waals surface area contributed by atoms with Gasteiger partial charge in [0.25, 0.3) is 0 Å². The lowest BCUT2D eigenvalue weighted by molar-refractivity contribution is 0.174. The highest BCUT2D eigenvalue weighted by Crippen LogP contribution is 2.38. The van der Waals surface area contributed by atoms with Crippen LogP contribution in [0.5, 0.6) is 11.5 Å². The summed E-state index contributed by atoms with van der Waals surface area (Å²) < 4.78 is 42.1. The summed E-state index contributed by atoms with van der Waals surface area (Å²) in [5, 5.41) is 4.16. The topological polar surface area (TPSA) is 81.9 Å². The van der Waals surface area contributed by atoms with Gasteiger partial charge in [-0.2, -0.15) is 4.31 Å². The van der Waals surface area contributed by atoms with Gasteiger partial charge in [0, 0.05) is 18.2 Å². The summed E-state index contributed by atoms with van der Waals surface area (Å²) in [4.78, 5) is 0. The number of fused-ring (bicyclic) bond motifs is 1. The molecule has 4 rings (SSSR count). The van der Waals surface area contributed by atoms with Gasteiger partial charge in [-0.15, -0.1) is 0 Å². The van der Waals surface area contributed by atoms with Crippen LogP contribution >= 0.6 is 0 Å². The fraction of sp³-hybridized carbons (Fsp3) is 0.471. The molecule has 2 aromatic rings. The molecule has 0 N–H and O–H groups in total. The number of ether oxygens (including phenoxy) is 2. The summed E-state index contributed by atoms with van der Waals surface area (Å²) in [6, 6.07) is 7.09. The molecule has 0 bridgehead atoms. The summed E-state index contributed by atoms with van der Waals surface area (Å²) in [5.41, 5.74) is 1.47. The minimum Gasteiger partial charge on any atom is -0.454 e. The third kappa shape index (κ3) is 3.23. The largest absolute Gasteiger partial charge is 0.454 e. The molecule has 2 aliphatic heterocycles. The average Bonchev–Trinajstić information content (AvgIpc) is 3.17. The Hall–Kier alpha value is -2.06. The fourth-order valence-corrected chi connectivity index (χ4v) is 4.54. The molecule has 0 aliphatic carbocycles. The quantitative estimate of drug-likeness (QED) is 0.833. The summed E-state index contributed by atoms with van der Waals surface area (Å²) in [6.07, 6.45) is 4.87. The van der Waals surface area contributed by atoms with Gasteiger partial charge in [0.15, 0.2) is 17.3 Å². The second-order valence-electron chi connectivity index (χ2n) is 6.42. The molecule has 1 fully saturated rings. The van der Waals surface area contributed by atoms with Crippen LogP contribution in [0.15, 0.2) is 28.8 Å². The molecule has 0 saturated carbocycles. The molecule has 0 amide bonds. The van der Waals surface area contributed by atoms with E-state index in [9.17, 15) is 8.42 Å². The van der Waals surface area contributed by atoms with Crippen LogP contribution in [0.3, 0.4) is 0 Å². The normalized spacial score (nSPS) is 21.2. The molecular formula is C17H20N2O5S. The minimum absolute atomic E-state index is 0.214. The number of rotatable bonds is 3. The lowest BCUT2D eigenvalue weighted by Gasteiger charge is -2.25. The minimum atomic E-state index is -3.29. The van der Waals surface area contributed by atoms with E-state index in [4.69, 9.17) is 14.0 Å². The van der Waals surface area contributed by atoms with E-state index >= 15 is 0 Å². The van der Waals surface area contributed by atoms with Crippen LogP contribution in [0.2, 0.25) is 0 Å². The summed E-state index contributed by atoms with van der Waals surface area (Å²) in [6.45, 7) is 0.738. The Bertz CT molecular complexity index is 877. The first-order valence-electron chi connectivity index (χ1n) is 8.36. The van der Waals surface area contributed by atoms with Crippen LogP contribution in [0, 0.1) is 0 Å². The SMILES string of the molecule is CS(=O)(=O)N1CCCCCC1c1cc(-c2ccc3c(c2)OCO3)on1. The van der Waals surface area contributed by atoms with Gasteiger partial charge in [0.1, 0.15) is 5.69 Å². The van der Waals surface area contributed by atoms with Gasteiger partial charge in [-0.05, 0) is 31.0 Å². The molecule has 1 unspecified atom stereocenters. The first-order valence-corrected chi connectivity index (χ1v) is 10.2. The van der Waals surface area contributed by atoms with Gasteiger partial charge >= 0.3 is 0 Å². The van der Waals surface area contributed by atoms with Crippen molar-refractivity contribution in [3.05, 3.63) is 30.0 Å². The summed E-state index contributed by atoms with van der Waals surface area (Å²) in [5.74, 6) is 1.96. The molecule has 25 heavy (non-hydrogen) atoms. The maximum absolute atomic E-state index is 12.2. The van der Waals surface area contributed by atoms with Gasteiger partial charge in [0.05, 0.1) is 12.3 Å². The van der Waals surface area contributed by atoms with Crippen molar-refractivity contribution in [1.29, 1.82) is 0 Å². The van der Waals surface area contributed by atoms with Crippen LogP contribution in [0.25, 0.3) is 11.3 Å². The predicted octanol–water partition coefficient (Wildman–Crippen LogP) is 2.95. The molecule has 1 atom stereocenters. The molecule has 0 radical (unpaired) electrons. The first-order chi connectivity index (χ1) is 12.0. The van der Waals surface area contributed by atoms with Crippen molar-refractivity contribution in [3.63, 3.8) is 0 Å². The zero-order valence-electron chi connectivity index (χ0n) is 14.0. The maximum atomic E-state index is 12.2. The third-order valence-electron chi connectivity index (χ3n) is 4.66. The molecular weight excluding hydrogens is 344 g/mol. The monoisotopic (exact) mass is 364 g/mol. The van der Waals surface area contributed by atoms with Crippen molar-refractivity contribution >= 4 is 10.0 Å². The van der Waals surface area contributed by atoms with E-state index in [1.54, 1.807) is 4.31 Å². The molecule has 134 valence electrons. The fourth-order valence-electron chi connectivity index (χ4n) is 3.41. The average molecular weight is 364 g/mol. The van der Waals surface area contributed by atoms with Gasteiger partial charge in [-0.1, -0.05) is 18.0 Å². The third-order valence-corrected chi connectivity index (χ3v) is 5.95. The van der Waals surface area contributed by atoms with Crippen LogP contribution in [-0.2, 0) is 10.0 Å². The van der Waals surface area contributed by atoms with E-state index in [2.05, 4.69) is 5.16 Å². The van der Waals surface area contributed by atoms with E-state index < -0.39 is 10.0 Å². The first kappa shape index (κ1) is 16.4. The molecule has 7 nitrogen and oxygen atoms in total. The van der Waals surface area contributed by atoms with Crippen molar-refractivity contribution in [2.24, 2.45) is 0 Å². The lowest BCUT2D eigenvalue weighted by atomic mass is 10.1. The Kier molecular flexibility index (Phi) is 4.16. The van der Waals surface area contributed by atoms with Gasteiger partial charge in [0.2, 0.25) is 16.8 Å². The molecule has 8 heteroatoms. The summed E-state index contributed by atoms with van der Waals surface area (Å²) in [7, 11) is -3.29. The molecule has 2 aliphatic rings. The lowest BCUT2D eigenvalue weighted by Crippen LogP contribution is -2.34. The van der Waals surface area contributed by atoms with E-state index in [1.165, 1.54) is 6.26 Å². The van der Waals surface area contributed by atoms with Crippen molar-refractivity contribution < 1.29 is 22.4 Å². The molecule has 1 aromatic heterocycles. The Morgan fingerprint density at radius 2 is 1.96 bits per heavy atom. The predicted molar refractivity (Wildman–Crippen MR) is 90.8 cm³/mol. The molecule has 0 spiro atoms. The standard InChI is InChI=1S/C17H20N2O5S/c1-25(20,21)19-8-4-2-3-5-14(19)13-10-16(24-18-13)12-6-7-15-17(9-12)23-11-22-15/h6-7,9-10,14H,2-5,8,11H2,1H3. The second-order valence-corrected chi connectivity index (χ2v) is 8.36. The van der Waals surface area contributed by atoms with Crippen LogP contribution in [0.1, 0.15) is 37.4 Å². The van der Waals surface area contributed by atoms with E-state index in [-0.39, 0.29) is 12.8 Å². The van der Waals surface area contributed by atoms with Crippen molar-refractivity contribution in [1.82, 2.24) is 9.46 Å². The van der Waals surface area contributed by atoms with Crippen molar-refractivity contribution in [3.8, 4) is 22.8 Å². The summed E-state index contributed by atoms with van der Waals surface area (Å²) >= 11 is 0. The van der Waals surface area contributed by atoms with Crippen molar-refractivity contribution in [2.45, 2.75) is 31.7 Å². The highest BCUT2D eigenvalue weighted by Gasteiger charge is 2.31. The van der Waals surface area contributed by atoms with Gasteiger partial charge in [-0.25, -0.2) is 8.42 Å². The number of aromatic nitrogens is 1. The number of hydrogen-bond acceptors (Lipinski definition) is 6. The van der Waals surface area contributed by atoms with Crippen LogP contribution < -0.4 is 9.47 Å². The van der Waals surface area contributed by atoms with E-state index in [1.807, 2.05) is 24.3 Å². The second kappa shape index (κ2) is 6.34. The maximum Gasteiger partial charge on any atom is 0.231 e. The Morgan fingerprint density at radius 1 is 1.12 bits per heavy atom. The van der Waals surface area contributed by atoms with E-state index in [0.29, 0.717) is 29.5 Å². The number of sulfonamides is 1. The Labute approximate surface area is 146 Å². The number of nitrogens with zero attached hydrogens (tertiary/aromatic N) is 2. The highest BCUT2D eigenvalue weighted by atomic mass is 32.2. The molecule has 3 heterocycles. The number of benzene rings is 1. The zero-order valence-corrected chi connectivity index (χ0v) is 14.8.